The average Bonchev–Trinajstić information content (AvgIpc) is 2.87. The van der Waals surface area contributed by atoms with Crippen LogP contribution in [0.15, 0.2) is 53.3 Å². The number of halogens is 2. The second-order valence-corrected chi connectivity index (χ2v) is 5.85. The molecular formula is C19H15F2N3O3. The molecule has 8 heteroatoms. The Labute approximate surface area is 152 Å². The van der Waals surface area contributed by atoms with Crippen molar-refractivity contribution in [2.24, 2.45) is 7.05 Å². The Morgan fingerprint density at radius 2 is 1.67 bits per heavy atom. The maximum absolute atomic E-state index is 13.3. The van der Waals surface area contributed by atoms with E-state index in [9.17, 15) is 23.2 Å². The molecule has 2 aromatic carbocycles. The molecule has 0 fully saturated rings. The van der Waals surface area contributed by atoms with Crippen molar-refractivity contribution < 1.29 is 18.4 Å². The van der Waals surface area contributed by atoms with Crippen molar-refractivity contribution in [2.75, 3.05) is 5.32 Å². The lowest BCUT2D eigenvalue weighted by Gasteiger charge is -2.07. The third-order valence-corrected chi connectivity index (χ3v) is 4.18. The fraction of sp³-hybridized carbons (Fsp3) is 0.105. The molecule has 1 amide bonds. The van der Waals surface area contributed by atoms with E-state index >= 15 is 0 Å². The molecule has 0 radical (unpaired) electrons. The number of amides is 1. The van der Waals surface area contributed by atoms with Crippen LogP contribution in [0.25, 0.3) is 5.69 Å². The van der Waals surface area contributed by atoms with E-state index in [4.69, 9.17) is 0 Å². The highest BCUT2D eigenvalue weighted by Crippen LogP contribution is 2.15. The number of nitrogens with zero attached hydrogens (tertiary/aromatic N) is 2. The standard InChI is InChI=1S/C19H15F2N3O3/c1-11-16(19(27)24(23(11)2)13-6-4-3-5-7-13)22-18(26)17(25)12-8-9-14(20)15(21)10-12/h3-10H,1-2H3,(H,22,26). The highest BCUT2D eigenvalue weighted by atomic mass is 19.2. The Morgan fingerprint density at radius 1 is 1.00 bits per heavy atom. The van der Waals surface area contributed by atoms with Crippen LogP contribution >= 0.6 is 0 Å². The number of hydrogen-bond donors (Lipinski definition) is 1. The van der Waals surface area contributed by atoms with Gasteiger partial charge in [0.2, 0.25) is 0 Å². The van der Waals surface area contributed by atoms with Crippen molar-refractivity contribution in [2.45, 2.75) is 6.92 Å². The zero-order valence-corrected chi connectivity index (χ0v) is 14.5. The topological polar surface area (TPSA) is 73.1 Å². The molecule has 0 atom stereocenters. The number of Topliss-reactive ketones (excluding diaryl/α,β-unsaturated/α-hetero) is 1. The highest BCUT2D eigenvalue weighted by Gasteiger charge is 2.23. The third kappa shape index (κ3) is 3.29. The van der Waals surface area contributed by atoms with Gasteiger partial charge < -0.3 is 5.32 Å². The summed E-state index contributed by atoms with van der Waals surface area (Å²) in [6.45, 7) is 1.61. The van der Waals surface area contributed by atoms with E-state index in [1.807, 2.05) is 0 Å². The Kier molecular flexibility index (Phi) is 4.72. The molecule has 138 valence electrons. The van der Waals surface area contributed by atoms with Crippen LogP contribution in [0, 0.1) is 18.6 Å². The molecule has 1 heterocycles. The van der Waals surface area contributed by atoms with Gasteiger partial charge in [-0.1, -0.05) is 18.2 Å². The zero-order valence-electron chi connectivity index (χ0n) is 14.5. The normalized spacial score (nSPS) is 10.7. The van der Waals surface area contributed by atoms with E-state index in [2.05, 4.69) is 5.32 Å². The highest BCUT2D eigenvalue weighted by molar-refractivity contribution is 6.46. The quantitative estimate of drug-likeness (QED) is 0.566. The average molecular weight is 371 g/mol. The van der Waals surface area contributed by atoms with Gasteiger partial charge in [0.15, 0.2) is 11.6 Å². The minimum atomic E-state index is -1.24. The van der Waals surface area contributed by atoms with Crippen LogP contribution in [0.5, 0.6) is 0 Å². The summed E-state index contributed by atoms with van der Waals surface area (Å²) in [5.74, 6) is -4.57. The third-order valence-electron chi connectivity index (χ3n) is 4.18. The molecular weight excluding hydrogens is 356 g/mol. The van der Waals surface area contributed by atoms with Gasteiger partial charge in [-0.2, -0.15) is 0 Å². The van der Waals surface area contributed by atoms with Gasteiger partial charge in [0.05, 0.1) is 11.4 Å². The predicted molar refractivity (Wildman–Crippen MR) is 95.1 cm³/mol. The first-order valence-corrected chi connectivity index (χ1v) is 7.96. The Morgan fingerprint density at radius 3 is 2.30 bits per heavy atom. The number of aromatic nitrogens is 2. The summed E-state index contributed by atoms with van der Waals surface area (Å²) in [6.07, 6.45) is 0. The molecule has 0 aliphatic heterocycles. The number of rotatable bonds is 4. The first kappa shape index (κ1) is 18.2. The summed E-state index contributed by atoms with van der Waals surface area (Å²) in [5.41, 5.74) is 0.106. The van der Waals surface area contributed by atoms with Gasteiger partial charge in [-0.25, -0.2) is 13.5 Å². The molecule has 0 aliphatic rings. The van der Waals surface area contributed by atoms with Crippen LogP contribution < -0.4 is 10.9 Å². The lowest BCUT2D eigenvalue weighted by molar-refractivity contribution is -0.112. The lowest BCUT2D eigenvalue weighted by atomic mass is 10.1. The minimum Gasteiger partial charge on any atom is -0.313 e. The molecule has 6 nitrogen and oxygen atoms in total. The summed E-state index contributed by atoms with van der Waals surface area (Å²) in [4.78, 5) is 37.1. The van der Waals surface area contributed by atoms with Crippen molar-refractivity contribution >= 4 is 17.4 Å². The number of benzene rings is 2. The van der Waals surface area contributed by atoms with E-state index in [-0.39, 0.29) is 11.3 Å². The summed E-state index contributed by atoms with van der Waals surface area (Å²) < 4.78 is 29.2. The van der Waals surface area contributed by atoms with Gasteiger partial charge in [-0.15, -0.1) is 0 Å². The van der Waals surface area contributed by atoms with Crippen LogP contribution in [-0.2, 0) is 11.8 Å². The molecule has 1 N–H and O–H groups in total. The molecule has 0 spiro atoms. The first-order chi connectivity index (χ1) is 12.8. The SMILES string of the molecule is Cc1c(NC(=O)C(=O)c2ccc(F)c(F)c2)c(=O)n(-c2ccccc2)n1C. The molecule has 0 saturated heterocycles. The molecule has 0 aliphatic carbocycles. The Hall–Kier alpha value is -3.55. The van der Waals surface area contributed by atoms with Gasteiger partial charge in [0.1, 0.15) is 5.69 Å². The zero-order chi connectivity index (χ0) is 19.7. The lowest BCUT2D eigenvalue weighted by Crippen LogP contribution is -2.27. The van der Waals surface area contributed by atoms with Crippen molar-refractivity contribution in [1.82, 2.24) is 9.36 Å². The molecule has 27 heavy (non-hydrogen) atoms. The van der Waals surface area contributed by atoms with Crippen LogP contribution in [0.2, 0.25) is 0 Å². The Bertz CT molecular complexity index is 1100. The van der Waals surface area contributed by atoms with Gasteiger partial charge >= 0.3 is 0 Å². The van der Waals surface area contributed by atoms with Crippen LogP contribution in [-0.4, -0.2) is 21.1 Å². The van der Waals surface area contributed by atoms with Gasteiger partial charge in [0.25, 0.3) is 17.2 Å². The Balaban J connectivity index is 1.94. The van der Waals surface area contributed by atoms with Crippen molar-refractivity contribution in [1.29, 1.82) is 0 Å². The van der Waals surface area contributed by atoms with E-state index < -0.39 is 28.9 Å². The first-order valence-electron chi connectivity index (χ1n) is 7.96. The maximum Gasteiger partial charge on any atom is 0.296 e. The fourth-order valence-corrected chi connectivity index (χ4v) is 2.65. The molecule has 1 aromatic heterocycles. The van der Waals surface area contributed by atoms with E-state index in [0.29, 0.717) is 17.4 Å². The van der Waals surface area contributed by atoms with Crippen molar-refractivity contribution in [3.63, 3.8) is 0 Å². The van der Waals surface area contributed by atoms with Gasteiger partial charge in [-0.05, 0) is 37.3 Å². The van der Waals surface area contributed by atoms with Crippen molar-refractivity contribution in [3.8, 4) is 5.69 Å². The van der Waals surface area contributed by atoms with Crippen LogP contribution in [0.1, 0.15) is 16.1 Å². The summed E-state index contributed by atoms with van der Waals surface area (Å²) in [7, 11) is 1.64. The molecule has 0 unspecified atom stereocenters. The van der Waals surface area contributed by atoms with Crippen LogP contribution in [0.3, 0.4) is 0 Å². The number of nitrogens with one attached hydrogen (secondary N) is 1. The largest absolute Gasteiger partial charge is 0.313 e. The van der Waals surface area contributed by atoms with Gasteiger partial charge in [-0.3, -0.25) is 19.1 Å². The van der Waals surface area contributed by atoms with E-state index in [1.54, 1.807) is 44.3 Å². The smallest absolute Gasteiger partial charge is 0.296 e. The van der Waals surface area contributed by atoms with Gasteiger partial charge in [0, 0.05) is 12.6 Å². The molecule has 0 bridgehead atoms. The second-order valence-electron chi connectivity index (χ2n) is 5.85. The van der Waals surface area contributed by atoms with Crippen molar-refractivity contribution in [3.05, 3.63) is 81.8 Å². The van der Waals surface area contributed by atoms with Crippen LogP contribution in [0.4, 0.5) is 14.5 Å². The summed E-state index contributed by atoms with van der Waals surface area (Å²) in [5, 5.41) is 2.28. The number of para-hydroxylation sites is 1. The number of ketones is 1. The van der Waals surface area contributed by atoms with E-state index in [0.717, 1.165) is 12.1 Å². The predicted octanol–water partition coefficient (Wildman–Crippen LogP) is 2.58. The number of carbonyl (C=O) groups excluding carboxylic acids is 2. The second kappa shape index (κ2) is 6.99. The summed E-state index contributed by atoms with van der Waals surface area (Å²) >= 11 is 0. The maximum atomic E-state index is 13.3. The number of hydrogen-bond acceptors (Lipinski definition) is 3. The fourth-order valence-electron chi connectivity index (χ4n) is 2.65. The monoisotopic (exact) mass is 371 g/mol. The molecule has 0 saturated carbocycles. The molecule has 3 rings (SSSR count). The minimum absolute atomic E-state index is 0.0673. The van der Waals surface area contributed by atoms with E-state index in [1.165, 1.54) is 9.36 Å². The summed E-state index contributed by atoms with van der Waals surface area (Å²) in [6, 6.07) is 11.2. The number of carbonyl (C=O) groups is 2. The molecule has 3 aromatic rings. The number of anilines is 1.